The zero-order chi connectivity index (χ0) is 25.9. The van der Waals surface area contributed by atoms with Crippen molar-refractivity contribution in [1.29, 1.82) is 5.26 Å². The van der Waals surface area contributed by atoms with Gasteiger partial charge in [-0.05, 0) is 54.9 Å². The van der Waals surface area contributed by atoms with Gasteiger partial charge in [-0.25, -0.2) is 4.98 Å². The van der Waals surface area contributed by atoms with Crippen LogP contribution in [0.5, 0.6) is 0 Å². The van der Waals surface area contributed by atoms with Crippen LogP contribution in [0.1, 0.15) is 53.5 Å². The molecule has 7 nitrogen and oxygen atoms in total. The Balaban J connectivity index is 1.71. The van der Waals surface area contributed by atoms with E-state index in [1.165, 1.54) is 0 Å². The van der Waals surface area contributed by atoms with Gasteiger partial charge in [-0.15, -0.1) is 0 Å². The number of hydrogen-bond acceptors (Lipinski definition) is 6. The third-order valence-corrected chi connectivity index (χ3v) is 6.11. The zero-order valence-electron chi connectivity index (χ0n) is 21.0. The Hall–Kier alpha value is -3.86. The first-order valence-corrected chi connectivity index (χ1v) is 12.0. The van der Waals surface area contributed by atoms with Crippen molar-refractivity contribution in [3.05, 3.63) is 95.2 Å². The van der Waals surface area contributed by atoms with Crippen LogP contribution in [-0.4, -0.2) is 49.3 Å². The lowest BCUT2D eigenvalue weighted by atomic mass is 9.97. The summed E-state index contributed by atoms with van der Waals surface area (Å²) >= 11 is 0. The number of carbonyl (C=O) groups excluding carboxylic acids is 2. The molecule has 0 saturated heterocycles. The molecule has 2 aromatic carbocycles. The second-order valence-electron chi connectivity index (χ2n) is 9.21. The molecule has 3 rings (SSSR count). The fourth-order valence-electron chi connectivity index (χ4n) is 4.10. The molecule has 1 heterocycles. The summed E-state index contributed by atoms with van der Waals surface area (Å²) < 4.78 is 0. The van der Waals surface area contributed by atoms with Gasteiger partial charge in [-0.1, -0.05) is 55.5 Å². The predicted octanol–water partition coefficient (Wildman–Crippen LogP) is 4.26. The summed E-state index contributed by atoms with van der Waals surface area (Å²) in [5, 5.41) is 15.4. The molecule has 0 radical (unpaired) electrons. The fourth-order valence-corrected chi connectivity index (χ4v) is 4.10. The van der Waals surface area contributed by atoms with E-state index in [0.29, 0.717) is 24.3 Å². The highest BCUT2D eigenvalue weighted by atomic mass is 16.2. The number of carbonyl (C=O) groups is 2. The van der Waals surface area contributed by atoms with Crippen molar-refractivity contribution < 1.29 is 9.59 Å². The number of aldehydes is 1. The number of nitrogens with one attached hydrogen (secondary N) is 2. The summed E-state index contributed by atoms with van der Waals surface area (Å²) in [6, 6.07) is 22.4. The third kappa shape index (κ3) is 7.57. The minimum atomic E-state index is -0.565. The van der Waals surface area contributed by atoms with E-state index in [9.17, 15) is 9.59 Å². The minimum Gasteiger partial charge on any atom is -0.309 e. The number of anilines is 1. The first-order valence-electron chi connectivity index (χ1n) is 12.0. The Labute approximate surface area is 213 Å². The Bertz CT molecular complexity index is 1160. The van der Waals surface area contributed by atoms with Crippen molar-refractivity contribution in [2.45, 2.75) is 31.2 Å². The van der Waals surface area contributed by atoms with Gasteiger partial charge < -0.3 is 20.3 Å². The van der Waals surface area contributed by atoms with Crippen LogP contribution in [0.15, 0.2) is 72.9 Å². The van der Waals surface area contributed by atoms with Crippen molar-refractivity contribution in [2.24, 2.45) is 0 Å². The predicted molar refractivity (Wildman–Crippen MR) is 142 cm³/mol. The minimum absolute atomic E-state index is 0.0530. The topological polar surface area (TPSA) is 98.1 Å². The maximum atomic E-state index is 13.3. The van der Waals surface area contributed by atoms with Gasteiger partial charge in [0.15, 0.2) is 0 Å². The van der Waals surface area contributed by atoms with Crippen LogP contribution in [0.4, 0.5) is 5.82 Å². The highest BCUT2D eigenvalue weighted by Crippen LogP contribution is 2.22. The number of rotatable bonds is 12. The van der Waals surface area contributed by atoms with E-state index >= 15 is 0 Å². The number of nitriles is 1. The van der Waals surface area contributed by atoms with Gasteiger partial charge >= 0.3 is 0 Å². The lowest BCUT2D eigenvalue weighted by Crippen LogP contribution is -2.35. The van der Waals surface area contributed by atoms with E-state index < -0.39 is 6.04 Å². The molecule has 1 amide bonds. The lowest BCUT2D eigenvalue weighted by molar-refractivity contribution is -0.118. The van der Waals surface area contributed by atoms with Gasteiger partial charge in [0.25, 0.3) is 0 Å². The molecule has 0 saturated carbocycles. The summed E-state index contributed by atoms with van der Waals surface area (Å²) in [5.41, 5.74) is 3.53. The van der Waals surface area contributed by atoms with Gasteiger partial charge in [0, 0.05) is 31.6 Å². The van der Waals surface area contributed by atoms with Crippen LogP contribution in [0.2, 0.25) is 0 Å². The van der Waals surface area contributed by atoms with Crippen molar-refractivity contribution in [2.75, 3.05) is 32.5 Å². The number of hydrogen-bond donors (Lipinski definition) is 2. The first-order chi connectivity index (χ1) is 17.4. The molecule has 2 N–H and O–H groups in total. The highest BCUT2D eigenvalue weighted by molar-refractivity contribution is 5.94. The van der Waals surface area contributed by atoms with E-state index in [1.54, 1.807) is 24.4 Å². The maximum Gasteiger partial charge on any atom is 0.247 e. The third-order valence-electron chi connectivity index (χ3n) is 6.11. The van der Waals surface area contributed by atoms with Gasteiger partial charge in [0.05, 0.1) is 11.6 Å². The maximum absolute atomic E-state index is 13.3. The van der Waals surface area contributed by atoms with Crippen LogP contribution in [0, 0.1) is 11.3 Å². The molecular formula is C29H33N5O2. The van der Waals surface area contributed by atoms with E-state index in [0.717, 1.165) is 29.5 Å². The average molecular weight is 484 g/mol. The summed E-state index contributed by atoms with van der Waals surface area (Å²) in [4.78, 5) is 30.9. The molecule has 186 valence electrons. The van der Waals surface area contributed by atoms with Crippen LogP contribution in [-0.2, 0) is 9.59 Å². The van der Waals surface area contributed by atoms with E-state index in [-0.39, 0.29) is 17.7 Å². The molecule has 0 aliphatic heterocycles. The Morgan fingerprint density at radius 3 is 2.31 bits per heavy atom. The quantitative estimate of drug-likeness (QED) is 0.374. The normalized spacial score (nSPS) is 13.4. The van der Waals surface area contributed by atoms with Gasteiger partial charge in [0.1, 0.15) is 18.1 Å². The summed E-state index contributed by atoms with van der Waals surface area (Å²) in [6.07, 6.45) is 3.08. The van der Waals surface area contributed by atoms with Crippen molar-refractivity contribution in [3.8, 4) is 6.07 Å². The molecule has 3 aromatic rings. The molecule has 0 spiro atoms. The number of likely N-dealkylation sites (N-methyl/N-ethyl adjacent to an activating group) is 1. The van der Waals surface area contributed by atoms with Crippen molar-refractivity contribution in [3.63, 3.8) is 0 Å². The second kappa shape index (κ2) is 13.3. The van der Waals surface area contributed by atoms with E-state index in [4.69, 9.17) is 5.26 Å². The van der Waals surface area contributed by atoms with Gasteiger partial charge in [-0.2, -0.15) is 5.26 Å². The van der Waals surface area contributed by atoms with Crippen LogP contribution in [0.3, 0.4) is 0 Å². The standard InChI is InChI=1S/C29H33N5O2/c1-21(23-11-9-22(17-30)10-12-23)18-32-28(24-7-5-4-6-8-24)29(36)33-27-14-13-25(19-31-27)26(15-16-35)20-34(2)3/h4-14,16,19,21,26,28,32H,15,18,20H2,1-3H3,(H,31,33,36). The molecular weight excluding hydrogens is 450 g/mol. The SMILES string of the molecule is CC(CNC(C(=O)Nc1ccc(C(CC=O)CN(C)C)cn1)c1ccccc1)c1ccc(C#N)cc1. The average Bonchev–Trinajstić information content (AvgIpc) is 2.89. The smallest absolute Gasteiger partial charge is 0.247 e. The molecule has 36 heavy (non-hydrogen) atoms. The summed E-state index contributed by atoms with van der Waals surface area (Å²) in [7, 11) is 3.94. The number of pyridine rings is 1. The number of benzene rings is 2. The molecule has 0 aliphatic rings. The Morgan fingerprint density at radius 2 is 1.72 bits per heavy atom. The molecule has 0 aliphatic carbocycles. The summed E-state index contributed by atoms with van der Waals surface area (Å²) in [6.45, 7) is 3.39. The highest BCUT2D eigenvalue weighted by Gasteiger charge is 2.22. The van der Waals surface area contributed by atoms with Crippen LogP contribution < -0.4 is 10.6 Å². The van der Waals surface area contributed by atoms with Crippen LogP contribution >= 0.6 is 0 Å². The molecule has 3 atom stereocenters. The second-order valence-corrected chi connectivity index (χ2v) is 9.21. The van der Waals surface area contributed by atoms with Crippen molar-refractivity contribution >= 4 is 18.0 Å². The molecule has 0 fully saturated rings. The zero-order valence-corrected chi connectivity index (χ0v) is 21.0. The monoisotopic (exact) mass is 483 g/mol. The molecule has 7 heteroatoms. The summed E-state index contributed by atoms with van der Waals surface area (Å²) in [5.74, 6) is 0.449. The number of aromatic nitrogens is 1. The molecule has 3 unspecified atom stereocenters. The molecule has 1 aromatic heterocycles. The Kier molecular flexibility index (Phi) is 9.87. The number of amides is 1. The number of nitrogens with zero attached hydrogens (tertiary/aromatic N) is 3. The fraction of sp³-hybridized carbons (Fsp3) is 0.310. The van der Waals surface area contributed by atoms with Gasteiger partial charge in [0.2, 0.25) is 5.91 Å². The van der Waals surface area contributed by atoms with E-state index in [2.05, 4.69) is 28.6 Å². The van der Waals surface area contributed by atoms with E-state index in [1.807, 2.05) is 67.5 Å². The van der Waals surface area contributed by atoms with Gasteiger partial charge in [-0.3, -0.25) is 4.79 Å². The molecule has 0 bridgehead atoms. The van der Waals surface area contributed by atoms with Crippen LogP contribution in [0.25, 0.3) is 0 Å². The Morgan fingerprint density at radius 1 is 1.03 bits per heavy atom. The lowest BCUT2D eigenvalue weighted by Gasteiger charge is -2.22. The van der Waals surface area contributed by atoms with Crippen molar-refractivity contribution in [1.82, 2.24) is 15.2 Å². The first kappa shape index (κ1) is 26.7. The largest absolute Gasteiger partial charge is 0.309 e.